The molecule has 1 aromatic heterocycles. The van der Waals surface area contributed by atoms with Crippen molar-refractivity contribution in [2.24, 2.45) is 0 Å². The molecule has 22 heavy (non-hydrogen) atoms. The number of piperidine rings is 1. The Balaban J connectivity index is 1.81. The van der Waals surface area contributed by atoms with Gasteiger partial charge in [-0.2, -0.15) is 0 Å². The van der Waals surface area contributed by atoms with Crippen LogP contribution in [-0.2, 0) is 4.79 Å². The summed E-state index contributed by atoms with van der Waals surface area (Å²) < 4.78 is 0. The molecule has 4 heteroatoms. The van der Waals surface area contributed by atoms with Crippen molar-refractivity contribution >= 4 is 11.7 Å². The molecule has 0 bridgehead atoms. The molecule has 1 saturated heterocycles. The SMILES string of the molecule is CC(=O)N1CCCC[C@@H]1c1cccnc1NC1CCCCC1. The number of likely N-dealkylation sites (tertiary alicyclic amines) is 1. The van der Waals surface area contributed by atoms with Gasteiger partial charge in [-0.3, -0.25) is 4.79 Å². The summed E-state index contributed by atoms with van der Waals surface area (Å²) >= 11 is 0. The number of carbonyl (C=O) groups is 1. The Labute approximate surface area is 133 Å². The van der Waals surface area contributed by atoms with Gasteiger partial charge in [0.1, 0.15) is 5.82 Å². The van der Waals surface area contributed by atoms with Gasteiger partial charge >= 0.3 is 0 Å². The van der Waals surface area contributed by atoms with Gasteiger partial charge in [-0.05, 0) is 38.2 Å². The van der Waals surface area contributed by atoms with E-state index in [4.69, 9.17) is 0 Å². The van der Waals surface area contributed by atoms with Crippen molar-refractivity contribution in [2.75, 3.05) is 11.9 Å². The van der Waals surface area contributed by atoms with Gasteiger partial charge in [0, 0.05) is 31.3 Å². The summed E-state index contributed by atoms with van der Waals surface area (Å²) in [5.41, 5.74) is 1.20. The molecule has 2 heterocycles. The lowest BCUT2D eigenvalue weighted by molar-refractivity contribution is -0.132. The van der Waals surface area contributed by atoms with E-state index in [2.05, 4.69) is 16.4 Å². The first-order valence-electron chi connectivity index (χ1n) is 8.74. The van der Waals surface area contributed by atoms with E-state index in [0.29, 0.717) is 6.04 Å². The molecule has 1 amide bonds. The van der Waals surface area contributed by atoms with Crippen LogP contribution in [0.1, 0.15) is 69.9 Å². The average molecular weight is 301 g/mol. The number of rotatable bonds is 3. The predicted molar refractivity (Wildman–Crippen MR) is 88.7 cm³/mol. The lowest BCUT2D eigenvalue weighted by Crippen LogP contribution is -2.37. The molecule has 0 unspecified atom stereocenters. The minimum Gasteiger partial charge on any atom is -0.367 e. The normalized spacial score (nSPS) is 23.3. The Hall–Kier alpha value is -1.58. The number of hydrogen-bond acceptors (Lipinski definition) is 3. The molecule has 120 valence electrons. The average Bonchev–Trinajstić information content (AvgIpc) is 2.56. The molecule has 1 atom stereocenters. The molecule has 1 N–H and O–H groups in total. The minimum absolute atomic E-state index is 0.178. The largest absolute Gasteiger partial charge is 0.367 e. The monoisotopic (exact) mass is 301 g/mol. The summed E-state index contributed by atoms with van der Waals surface area (Å²) in [5.74, 6) is 1.17. The summed E-state index contributed by atoms with van der Waals surface area (Å²) in [6.07, 6.45) is 11.6. The smallest absolute Gasteiger partial charge is 0.219 e. The highest BCUT2D eigenvalue weighted by molar-refractivity contribution is 5.74. The lowest BCUT2D eigenvalue weighted by atomic mass is 9.93. The van der Waals surface area contributed by atoms with Crippen molar-refractivity contribution in [2.45, 2.75) is 70.4 Å². The van der Waals surface area contributed by atoms with Crippen LogP contribution >= 0.6 is 0 Å². The highest BCUT2D eigenvalue weighted by atomic mass is 16.2. The molecule has 1 aliphatic carbocycles. The molecule has 4 nitrogen and oxygen atoms in total. The van der Waals surface area contributed by atoms with E-state index in [9.17, 15) is 4.79 Å². The first kappa shape index (κ1) is 15.3. The van der Waals surface area contributed by atoms with Crippen LogP contribution in [-0.4, -0.2) is 28.4 Å². The summed E-state index contributed by atoms with van der Waals surface area (Å²) in [6, 6.07) is 4.86. The number of hydrogen-bond donors (Lipinski definition) is 1. The molecular formula is C18H27N3O. The van der Waals surface area contributed by atoms with Crippen molar-refractivity contribution in [3.05, 3.63) is 23.9 Å². The van der Waals surface area contributed by atoms with Gasteiger partial charge in [0.25, 0.3) is 0 Å². The van der Waals surface area contributed by atoms with E-state index in [1.165, 1.54) is 44.1 Å². The molecule has 1 saturated carbocycles. The van der Waals surface area contributed by atoms with E-state index in [1.54, 1.807) is 6.92 Å². The van der Waals surface area contributed by atoms with Crippen LogP contribution in [0.5, 0.6) is 0 Å². The van der Waals surface area contributed by atoms with E-state index >= 15 is 0 Å². The molecular weight excluding hydrogens is 274 g/mol. The Morgan fingerprint density at radius 3 is 2.73 bits per heavy atom. The summed E-state index contributed by atoms with van der Waals surface area (Å²) in [7, 11) is 0. The molecule has 0 aromatic carbocycles. The van der Waals surface area contributed by atoms with Gasteiger partial charge in [-0.15, -0.1) is 0 Å². The fourth-order valence-electron chi connectivity index (χ4n) is 3.88. The molecule has 2 aliphatic rings. The highest BCUT2D eigenvalue weighted by Gasteiger charge is 2.28. The number of carbonyl (C=O) groups excluding carboxylic acids is 1. The van der Waals surface area contributed by atoms with Crippen LogP contribution in [0.15, 0.2) is 18.3 Å². The maximum atomic E-state index is 12.0. The molecule has 0 spiro atoms. The van der Waals surface area contributed by atoms with E-state index in [0.717, 1.165) is 25.2 Å². The van der Waals surface area contributed by atoms with Crippen molar-refractivity contribution in [1.82, 2.24) is 9.88 Å². The van der Waals surface area contributed by atoms with Crippen LogP contribution in [0.3, 0.4) is 0 Å². The van der Waals surface area contributed by atoms with Crippen LogP contribution in [0.4, 0.5) is 5.82 Å². The van der Waals surface area contributed by atoms with E-state index < -0.39 is 0 Å². The maximum absolute atomic E-state index is 12.0. The molecule has 1 aliphatic heterocycles. The summed E-state index contributed by atoms with van der Waals surface area (Å²) in [6.45, 7) is 2.56. The second-order valence-electron chi connectivity index (χ2n) is 6.64. The number of pyridine rings is 1. The Bertz CT molecular complexity index is 511. The first-order valence-corrected chi connectivity index (χ1v) is 8.74. The Morgan fingerprint density at radius 1 is 1.18 bits per heavy atom. The van der Waals surface area contributed by atoms with E-state index in [1.807, 2.05) is 17.2 Å². The summed E-state index contributed by atoms with van der Waals surface area (Å²) in [5, 5.41) is 3.66. The van der Waals surface area contributed by atoms with Crippen LogP contribution in [0.25, 0.3) is 0 Å². The van der Waals surface area contributed by atoms with Gasteiger partial charge in [-0.25, -0.2) is 4.98 Å². The zero-order chi connectivity index (χ0) is 15.4. The number of anilines is 1. The minimum atomic E-state index is 0.178. The quantitative estimate of drug-likeness (QED) is 0.921. The molecule has 1 aromatic rings. The second kappa shape index (κ2) is 7.12. The first-order chi connectivity index (χ1) is 10.8. The highest BCUT2D eigenvalue weighted by Crippen LogP contribution is 2.35. The van der Waals surface area contributed by atoms with Gasteiger partial charge in [0.05, 0.1) is 6.04 Å². The number of nitrogens with zero attached hydrogens (tertiary/aromatic N) is 2. The number of amides is 1. The fourth-order valence-corrected chi connectivity index (χ4v) is 3.88. The second-order valence-corrected chi connectivity index (χ2v) is 6.64. The predicted octanol–water partition coefficient (Wildman–Crippen LogP) is 3.90. The third-order valence-electron chi connectivity index (χ3n) is 5.05. The number of aromatic nitrogens is 1. The third kappa shape index (κ3) is 3.42. The van der Waals surface area contributed by atoms with Gasteiger partial charge in [0.2, 0.25) is 5.91 Å². The molecule has 2 fully saturated rings. The third-order valence-corrected chi connectivity index (χ3v) is 5.05. The zero-order valence-electron chi connectivity index (χ0n) is 13.6. The van der Waals surface area contributed by atoms with E-state index in [-0.39, 0.29) is 11.9 Å². The Kier molecular flexibility index (Phi) is 4.96. The van der Waals surface area contributed by atoms with Gasteiger partial charge in [0.15, 0.2) is 0 Å². The van der Waals surface area contributed by atoms with Crippen molar-refractivity contribution < 1.29 is 4.79 Å². The lowest BCUT2D eigenvalue weighted by Gasteiger charge is -2.36. The maximum Gasteiger partial charge on any atom is 0.219 e. The van der Waals surface area contributed by atoms with Crippen molar-refractivity contribution in [3.63, 3.8) is 0 Å². The van der Waals surface area contributed by atoms with Crippen LogP contribution < -0.4 is 5.32 Å². The van der Waals surface area contributed by atoms with Gasteiger partial charge in [-0.1, -0.05) is 25.3 Å². The van der Waals surface area contributed by atoms with Crippen molar-refractivity contribution in [1.29, 1.82) is 0 Å². The fraction of sp³-hybridized carbons (Fsp3) is 0.667. The van der Waals surface area contributed by atoms with Crippen molar-refractivity contribution in [3.8, 4) is 0 Å². The molecule has 0 radical (unpaired) electrons. The molecule has 3 rings (SSSR count). The van der Waals surface area contributed by atoms with Gasteiger partial charge < -0.3 is 10.2 Å². The Morgan fingerprint density at radius 2 is 1.95 bits per heavy atom. The topological polar surface area (TPSA) is 45.2 Å². The van der Waals surface area contributed by atoms with Crippen LogP contribution in [0, 0.1) is 0 Å². The zero-order valence-corrected chi connectivity index (χ0v) is 13.6. The summed E-state index contributed by atoms with van der Waals surface area (Å²) in [4.78, 5) is 18.6. The standard InChI is InChI=1S/C18H27N3O/c1-14(22)21-13-6-5-11-17(21)16-10-7-12-19-18(16)20-15-8-3-2-4-9-15/h7,10,12,15,17H,2-6,8-9,11,13H2,1H3,(H,19,20)/t17-/m1/s1. The van der Waals surface area contributed by atoms with Crippen LogP contribution in [0.2, 0.25) is 0 Å². The number of nitrogens with one attached hydrogen (secondary N) is 1.